The Morgan fingerprint density at radius 1 is 1.06 bits per heavy atom. The van der Waals surface area contributed by atoms with Crippen molar-refractivity contribution in [2.75, 3.05) is 13.2 Å². The van der Waals surface area contributed by atoms with Crippen molar-refractivity contribution in [3.63, 3.8) is 0 Å². The van der Waals surface area contributed by atoms with E-state index in [0.717, 1.165) is 22.3 Å². The van der Waals surface area contributed by atoms with Gasteiger partial charge >= 0.3 is 6.09 Å². The number of carbonyl (C=O) groups excluding carboxylic acids is 1. The molecule has 1 aromatic heterocycles. The third-order valence-corrected chi connectivity index (χ3v) is 6.36. The number of aromatic amines is 1. The molecule has 3 aromatic rings. The van der Waals surface area contributed by atoms with E-state index in [1.165, 1.54) is 18.2 Å². The summed E-state index contributed by atoms with van der Waals surface area (Å²) in [5, 5.41) is 9.35. The molecule has 33 heavy (non-hydrogen) atoms. The van der Waals surface area contributed by atoms with E-state index < -0.39 is 11.7 Å². The van der Waals surface area contributed by atoms with Gasteiger partial charge in [0, 0.05) is 31.8 Å². The van der Waals surface area contributed by atoms with Crippen LogP contribution in [0.5, 0.6) is 0 Å². The number of rotatable bonds is 7. The van der Waals surface area contributed by atoms with Gasteiger partial charge in [-0.3, -0.25) is 4.79 Å². The number of H-pyrrole nitrogens is 1. The number of carbonyl (C=O) groups is 1. The van der Waals surface area contributed by atoms with Crippen molar-refractivity contribution in [2.24, 2.45) is 0 Å². The largest absolute Gasteiger partial charge is 0.438 e. The lowest BCUT2D eigenvalue weighted by Gasteiger charge is -2.43. The molecule has 1 saturated heterocycles. The number of aromatic nitrogens is 1. The van der Waals surface area contributed by atoms with Crippen LogP contribution in [0.4, 0.5) is 9.18 Å². The van der Waals surface area contributed by atoms with Crippen LogP contribution in [0.1, 0.15) is 43.4 Å². The van der Waals surface area contributed by atoms with Crippen LogP contribution in [0.15, 0.2) is 71.7 Å². The van der Waals surface area contributed by atoms with Crippen LogP contribution in [0.2, 0.25) is 0 Å². The molecule has 2 N–H and O–H groups in total. The van der Waals surface area contributed by atoms with E-state index in [2.05, 4.69) is 4.98 Å². The standard InChI is InChI=1S/C26H27FN2O4/c1-18(19-3-5-20(6-4-19)21-7-12-24(31)28-17-21)29-15-14-26(13-2-16-30,33-25(29)32)22-8-10-23(27)11-9-22/h3-12,17-18,30H,2,13-16H2,1H3,(H,28,31). The molecule has 1 fully saturated rings. The number of ether oxygens (including phenoxy) is 1. The summed E-state index contributed by atoms with van der Waals surface area (Å²) in [5.41, 5.74) is 2.54. The molecule has 1 aliphatic heterocycles. The molecule has 0 radical (unpaired) electrons. The van der Waals surface area contributed by atoms with E-state index in [1.54, 1.807) is 29.3 Å². The van der Waals surface area contributed by atoms with Crippen molar-refractivity contribution >= 4 is 6.09 Å². The highest BCUT2D eigenvalue weighted by Gasteiger charge is 2.43. The molecule has 4 rings (SSSR count). The zero-order valence-corrected chi connectivity index (χ0v) is 18.5. The molecule has 0 bridgehead atoms. The highest BCUT2D eigenvalue weighted by Crippen LogP contribution is 2.40. The third-order valence-electron chi connectivity index (χ3n) is 6.36. The van der Waals surface area contributed by atoms with Crippen LogP contribution >= 0.6 is 0 Å². The maximum absolute atomic E-state index is 13.4. The Morgan fingerprint density at radius 3 is 2.36 bits per heavy atom. The number of amides is 1. The molecule has 1 aliphatic rings. The molecule has 2 aromatic carbocycles. The number of halogens is 1. The minimum Gasteiger partial charge on any atom is -0.438 e. The molecule has 0 saturated carbocycles. The number of benzene rings is 2. The number of aliphatic hydroxyl groups is 1. The fourth-order valence-electron chi connectivity index (χ4n) is 4.39. The van der Waals surface area contributed by atoms with Gasteiger partial charge in [-0.2, -0.15) is 0 Å². The highest BCUT2D eigenvalue weighted by atomic mass is 19.1. The summed E-state index contributed by atoms with van der Waals surface area (Å²) in [5.74, 6) is -0.348. The summed E-state index contributed by atoms with van der Waals surface area (Å²) in [4.78, 5) is 28.7. The lowest BCUT2D eigenvalue weighted by atomic mass is 9.84. The van der Waals surface area contributed by atoms with Gasteiger partial charge in [0.25, 0.3) is 0 Å². The average molecular weight is 451 g/mol. The molecule has 0 spiro atoms. The minimum absolute atomic E-state index is 0.0116. The first-order valence-electron chi connectivity index (χ1n) is 11.1. The molecule has 1 amide bonds. The second kappa shape index (κ2) is 9.58. The predicted octanol–water partition coefficient (Wildman–Crippen LogP) is 4.75. The zero-order valence-electron chi connectivity index (χ0n) is 18.5. The van der Waals surface area contributed by atoms with E-state index in [4.69, 9.17) is 4.74 Å². The Kier molecular flexibility index (Phi) is 6.60. The lowest BCUT2D eigenvalue weighted by molar-refractivity contribution is -0.0680. The van der Waals surface area contributed by atoms with Gasteiger partial charge in [0.2, 0.25) is 5.56 Å². The van der Waals surface area contributed by atoms with E-state index in [9.17, 15) is 19.1 Å². The molecule has 2 heterocycles. The molecule has 7 heteroatoms. The number of pyridine rings is 1. The van der Waals surface area contributed by atoms with E-state index in [0.29, 0.717) is 25.8 Å². The summed E-state index contributed by atoms with van der Waals surface area (Å²) in [6.45, 7) is 2.42. The van der Waals surface area contributed by atoms with Gasteiger partial charge in [-0.1, -0.05) is 36.4 Å². The minimum atomic E-state index is -0.877. The normalized spacial score (nSPS) is 19.2. The topological polar surface area (TPSA) is 82.6 Å². The summed E-state index contributed by atoms with van der Waals surface area (Å²) in [6, 6.07) is 16.9. The van der Waals surface area contributed by atoms with Gasteiger partial charge < -0.3 is 19.7 Å². The van der Waals surface area contributed by atoms with Crippen molar-refractivity contribution < 1.29 is 19.0 Å². The Bertz CT molecular complexity index is 1140. The van der Waals surface area contributed by atoms with Crippen molar-refractivity contribution in [1.82, 2.24) is 9.88 Å². The van der Waals surface area contributed by atoms with E-state index >= 15 is 0 Å². The average Bonchev–Trinajstić information content (AvgIpc) is 2.83. The predicted molar refractivity (Wildman–Crippen MR) is 123 cm³/mol. The molecule has 172 valence electrons. The lowest BCUT2D eigenvalue weighted by Crippen LogP contribution is -2.48. The number of nitrogens with zero attached hydrogens (tertiary/aromatic N) is 1. The Hall–Kier alpha value is -3.45. The van der Waals surface area contributed by atoms with Crippen molar-refractivity contribution in [2.45, 2.75) is 37.8 Å². The van der Waals surface area contributed by atoms with Crippen LogP contribution in [0.3, 0.4) is 0 Å². The van der Waals surface area contributed by atoms with Gasteiger partial charge in [0.15, 0.2) is 0 Å². The first kappa shape index (κ1) is 22.7. The molecular formula is C26H27FN2O4. The summed E-state index contributed by atoms with van der Waals surface area (Å²) in [6.07, 6.45) is 2.73. The fourth-order valence-corrected chi connectivity index (χ4v) is 4.39. The number of nitrogens with one attached hydrogen (secondary N) is 1. The maximum atomic E-state index is 13.4. The van der Waals surface area contributed by atoms with Crippen LogP contribution in [-0.4, -0.2) is 34.2 Å². The van der Waals surface area contributed by atoms with Crippen LogP contribution in [-0.2, 0) is 10.3 Å². The third kappa shape index (κ3) is 4.83. The second-order valence-corrected chi connectivity index (χ2v) is 8.38. The molecular weight excluding hydrogens is 423 g/mol. The Labute approximate surface area is 191 Å². The van der Waals surface area contributed by atoms with Crippen molar-refractivity contribution in [3.05, 3.63) is 94.2 Å². The van der Waals surface area contributed by atoms with Crippen LogP contribution in [0.25, 0.3) is 11.1 Å². The molecule has 0 aliphatic carbocycles. The highest BCUT2D eigenvalue weighted by molar-refractivity contribution is 5.70. The molecule has 2 unspecified atom stereocenters. The van der Waals surface area contributed by atoms with E-state index in [-0.39, 0.29) is 24.0 Å². The van der Waals surface area contributed by atoms with Crippen molar-refractivity contribution in [1.29, 1.82) is 0 Å². The van der Waals surface area contributed by atoms with Gasteiger partial charge in [0.1, 0.15) is 11.4 Å². The first-order valence-corrected chi connectivity index (χ1v) is 11.1. The molecule has 6 nitrogen and oxygen atoms in total. The quantitative estimate of drug-likeness (QED) is 0.544. The number of cyclic esters (lactones) is 1. The second-order valence-electron chi connectivity index (χ2n) is 8.38. The van der Waals surface area contributed by atoms with Gasteiger partial charge in [-0.15, -0.1) is 0 Å². The van der Waals surface area contributed by atoms with Gasteiger partial charge in [-0.05, 0) is 60.2 Å². The van der Waals surface area contributed by atoms with Gasteiger partial charge in [0.05, 0.1) is 6.04 Å². The maximum Gasteiger partial charge on any atom is 0.411 e. The number of hydrogen-bond acceptors (Lipinski definition) is 4. The molecule has 2 atom stereocenters. The van der Waals surface area contributed by atoms with Gasteiger partial charge in [-0.25, -0.2) is 9.18 Å². The summed E-state index contributed by atoms with van der Waals surface area (Å²) in [7, 11) is 0. The monoisotopic (exact) mass is 450 g/mol. The van der Waals surface area contributed by atoms with Crippen LogP contribution < -0.4 is 5.56 Å². The number of hydrogen-bond donors (Lipinski definition) is 2. The van der Waals surface area contributed by atoms with E-state index in [1.807, 2.05) is 31.2 Å². The summed E-state index contributed by atoms with van der Waals surface area (Å²) >= 11 is 0. The first-order chi connectivity index (χ1) is 15.9. The smallest absolute Gasteiger partial charge is 0.411 e. The van der Waals surface area contributed by atoms with Crippen LogP contribution in [0, 0.1) is 5.82 Å². The Balaban J connectivity index is 1.51. The Morgan fingerprint density at radius 2 is 1.76 bits per heavy atom. The van der Waals surface area contributed by atoms with Crippen molar-refractivity contribution in [3.8, 4) is 11.1 Å². The SMILES string of the molecule is CC(c1ccc(-c2ccc(=O)[nH]c2)cc1)N1CCC(CCCO)(c2ccc(F)cc2)OC1=O. The summed E-state index contributed by atoms with van der Waals surface area (Å²) < 4.78 is 19.4. The number of aliphatic hydroxyl groups excluding tert-OH is 1. The fraction of sp³-hybridized carbons (Fsp3) is 0.308. The zero-order chi connectivity index (χ0) is 23.4.